The van der Waals surface area contributed by atoms with Gasteiger partial charge in [-0.3, -0.25) is 4.90 Å². The number of benzene rings is 2. The van der Waals surface area contributed by atoms with E-state index in [0.717, 1.165) is 37.6 Å². The Morgan fingerprint density at radius 1 is 1.06 bits per heavy atom. The van der Waals surface area contributed by atoms with Crippen LogP contribution in [0.1, 0.15) is 5.56 Å². The van der Waals surface area contributed by atoms with E-state index in [0.29, 0.717) is 13.2 Å². The summed E-state index contributed by atoms with van der Waals surface area (Å²) in [5.74, 6) is 0.891. The van der Waals surface area contributed by atoms with Crippen molar-refractivity contribution in [2.24, 2.45) is 0 Å². The molecule has 34 heavy (non-hydrogen) atoms. The van der Waals surface area contributed by atoms with E-state index in [2.05, 4.69) is 50.3 Å². The Balaban J connectivity index is 1.22. The molecule has 8 heteroatoms. The van der Waals surface area contributed by atoms with Crippen molar-refractivity contribution >= 4 is 11.4 Å². The highest BCUT2D eigenvalue weighted by Crippen LogP contribution is 2.34. The van der Waals surface area contributed by atoms with Crippen molar-refractivity contribution in [2.75, 3.05) is 63.8 Å². The van der Waals surface area contributed by atoms with Crippen LogP contribution in [0.2, 0.25) is 0 Å². The Bertz CT molecular complexity index is 948. The van der Waals surface area contributed by atoms with Crippen molar-refractivity contribution in [1.29, 1.82) is 0 Å². The van der Waals surface area contributed by atoms with E-state index >= 15 is 0 Å². The van der Waals surface area contributed by atoms with E-state index in [1.54, 1.807) is 7.11 Å². The van der Waals surface area contributed by atoms with Crippen LogP contribution >= 0.6 is 0 Å². The van der Waals surface area contributed by atoms with Crippen molar-refractivity contribution in [3.63, 3.8) is 0 Å². The SMILES string of the molecule is COc1ccccc1N1CCN([C@H]2[C@@H]3OC[C@H](O3)[C@H](NCc3ccc(N(C)C)cc3)[C@@H]2O)CC1. The lowest BCUT2D eigenvalue weighted by atomic mass is 9.94. The van der Waals surface area contributed by atoms with Gasteiger partial charge in [0.1, 0.15) is 11.9 Å². The standard InChI is InChI=1S/C26H36N4O4/c1-28(2)19-10-8-18(9-11-19)16-27-23-22-17-33-26(34-22)24(25(23)31)30-14-12-29(13-15-30)20-6-4-5-7-21(20)32-3/h4-11,22-27,31H,12-17H2,1-3H3/t22-,23-,24+,25-,26+/m0/s1. The summed E-state index contributed by atoms with van der Waals surface area (Å²) < 4.78 is 17.7. The van der Waals surface area contributed by atoms with Crippen molar-refractivity contribution in [2.45, 2.75) is 37.1 Å². The van der Waals surface area contributed by atoms with E-state index < -0.39 is 6.10 Å². The van der Waals surface area contributed by atoms with Gasteiger partial charge in [0, 0.05) is 52.5 Å². The first-order chi connectivity index (χ1) is 16.5. The number of ether oxygens (including phenoxy) is 3. The number of nitrogens with one attached hydrogen (secondary N) is 1. The van der Waals surface area contributed by atoms with Gasteiger partial charge in [-0.15, -0.1) is 0 Å². The molecule has 0 aromatic heterocycles. The molecule has 2 N–H and O–H groups in total. The highest BCUT2D eigenvalue weighted by molar-refractivity contribution is 5.58. The van der Waals surface area contributed by atoms with Gasteiger partial charge in [0.25, 0.3) is 0 Å². The number of aliphatic hydroxyl groups is 1. The fourth-order valence-corrected chi connectivity index (χ4v) is 5.34. The Kier molecular flexibility index (Phi) is 6.94. The molecular formula is C26H36N4O4. The fraction of sp³-hybridized carbons (Fsp3) is 0.538. The number of hydrogen-bond donors (Lipinski definition) is 2. The summed E-state index contributed by atoms with van der Waals surface area (Å²) in [5, 5.41) is 15.0. The average Bonchev–Trinajstić information content (AvgIpc) is 3.29. The third kappa shape index (κ3) is 4.61. The second-order valence-corrected chi connectivity index (χ2v) is 9.52. The van der Waals surface area contributed by atoms with Crippen LogP contribution in [0.5, 0.6) is 5.75 Å². The fourth-order valence-electron chi connectivity index (χ4n) is 5.34. The normalized spacial score (nSPS) is 29.3. The number of rotatable bonds is 7. The highest BCUT2D eigenvalue weighted by atomic mass is 16.7. The molecule has 3 fully saturated rings. The molecule has 5 rings (SSSR count). The van der Waals surface area contributed by atoms with Crippen LogP contribution in [-0.2, 0) is 16.0 Å². The first-order valence-electron chi connectivity index (χ1n) is 12.1. The Morgan fingerprint density at radius 2 is 1.79 bits per heavy atom. The van der Waals surface area contributed by atoms with E-state index in [9.17, 15) is 5.11 Å². The monoisotopic (exact) mass is 468 g/mol. The molecule has 0 unspecified atom stereocenters. The molecule has 184 valence electrons. The molecular weight excluding hydrogens is 432 g/mol. The molecule has 2 bridgehead atoms. The smallest absolute Gasteiger partial charge is 0.176 e. The van der Waals surface area contributed by atoms with Gasteiger partial charge < -0.3 is 34.4 Å². The molecule has 0 radical (unpaired) electrons. The van der Waals surface area contributed by atoms with E-state index in [4.69, 9.17) is 14.2 Å². The summed E-state index contributed by atoms with van der Waals surface area (Å²) in [5.41, 5.74) is 3.46. The molecule has 3 heterocycles. The number of para-hydroxylation sites is 2. The minimum absolute atomic E-state index is 0.132. The largest absolute Gasteiger partial charge is 0.495 e. The van der Waals surface area contributed by atoms with E-state index in [1.165, 1.54) is 11.3 Å². The van der Waals surface area contributed by atoms with Crippen LogP contribution in [0, 0.1) is 0 Å². The number of methoxy groups -OCH3 is 1. The molecule has 0 amide bonds. The molecule has 2 aromatic carbocycles. The quantitative estimate of drug-likeness (QED) is 0.634. The maximum Gasteiger partial charge on any atom is 0.176 e. The molecule has 3 aliphatic heterocycles. The van der Waals surface area contributed by atoms with Crippen LogP contribution in [0.3, 0.4) is 0 Å². The van der Waals surface area contributed by atoms with Crippen LogP contribution in [0.15, 0.2) is 48.5 Å². The zero-order chi connectivity index (χ0) is 23.7. The number of anilines is 2. The Labute approximate surface area is 202 Å². The van der Waals surface area contributed by atoms with Gasteiger partial charge in [-0.25, -0.2) is 0 Å². The number of piperazine rings is 1. The second-order valence-electron chi connectivity index (χ2n) is 9.52. The van der Waals surface area contributed by atoms with Crippen molar-refractivity contribution < 1.29 is 19.3 Å². The van der Waals surface area contributed by atoms with E-state index in [-0.39, 0.29) is 24.5 Å². The zero-order valence-electron chi connectivity index (χ0n) is 20.3. The van der Waals surface area contributed by atoms with Crippen molar-refractivity contribution in [1.82, 2.24) is 10.2 Å². The lowest BCUT2D eigenvalue weighted by Crippen LogP contribution is -2.66. The summed E-state index contributed by atoms with van der Waals surface area (Å²) in [4.78, 5) is 6.75. The summed E-state index contributed by atoms with van der Waals surface area (Å²) in [6, 6.07) is 16.2. The number of aliphatic hydroxyl groups excluding tert-OH is 1. The number of nitrogens with zero attached hydrogens (tertiary/aromatic N) is 3. The maximum absolute atomic E-state index is 11.4. The molecule has 5 atom stereocenters. The summed E-state index contributed by atoms with van der Waals surface area (Å²) >= 11 is 0. The minimum atomic E-state index is -0.565. The van der Waals surface area contributed by atoms with E-state index in [1.807, 2.05) is 32.3 Å². The predicted octanol–water partition coefficient (Wildman–Crippen LogP) is 1.53. The number of hydrogen-bond acceptors (Lipinski definition) is 8. The molecule has 3 aliphatic rings. The Hall–Kier alpha value is -2.36. The molecule has 0 aliphatic carbocycles. The maximum atomic E-state index is 11.4. The van der Waals surface area contributed by atoms with Gasteiger partial charge in [0.15, 0.2) is 6.29 Å². The zero-order valence-corrected chi connectivity index (χ0v) is 20.3. The lowest BCUT2D eigenvalue weighted by Gasteiger charge is -2.47. The first-order valence-corrected chi connectivity index (χ1v) is 12.1. The van der Waals surface area contributed by atoms with Crippen molar-refractivity contribution in [3.05, 3.63) is 54.1 Å². The molecule has 0 saturated carbocycles. The van der Waals surface area contributed by atoms with Crippen LogP contribution < -0.4 is 19.9 Å². The molecule has 2 aromatic rings. The van der Waals surface area contributed by atoms with Gasteiger partial charge in [-0.05, 0) is 29.8 Å². The third-order valence-corrected chi connectivity index (χ3v) is 7.29. The van der Waals surface area contributed by atoms with Gasteiger partial charge in [-0.2, -0.15) is 0 Å². The molecule has 8 nitrogen and oxygen atoms in total. The first kappa shape index (κ1) is 23.4. The molecule has 0 spiro atoms. The van der Waals surface area contributed by atoms with Crippen molar-refractivity contribution in [3.8, 4) is 5.75 Å². The average molecular weight is 469 g/mol. The predicted molar refractivity (Wildman–Crippen MR) is 133 cm³/mol. The van der Waals surface area contributed by atoms with Gasteiger partial charge in [0.2, 0.25) is 0 Å². The lowest BCUT2D eigenvalue weighted by molar-refractivity contribution is -0.183. The summed E-state index contributed by atoms with van der Waals surface area (Å²) in [6.07, 6.45) is -1.08. The minimum Gasteiger partial charge on any atom is -0.495 e. The van der Waals surface area contributed by atoms with Gasteiger partial charge >= 0.3 is 0 Å². The van der Waals surface area contributed by atoms with Crippen LogP contribution in [0.25, 0.3) is 0 Å². The summed E-state index contributed by atoms with van der Waals surface area (Å²) in [6.45, 7) is 4.55. The molecule has 3 saturated heterocycles. The number of fused-ring (bicyclic) bond motifs is 2. The highest BCUT2D eigenvalue weighted by Gasteiger charge is 2.52. The van der Waals surface area contributed by atoms with Crippen LogP contribution in [0.4, 0.5) is 11.4 Å². The third-order valence-electron chi connectivity index (χ3n) is 7.29. The Morgan fingerprint density at radius 3 is 2.50 bits per heavy atom. The van der Waals surface area contributed by atoms with Crippen LogP contribution in [-0.4, -0.2) is 94.6 Å². The van der Waals surface area contributed by atoms with Gasteiger partial charge in [-0.1, -0.05) is 24.3 Å². The van der Waals surface area contributed by atoms with Gasteiger partial charge in [0.05, 0.1) is 37.6 Å². The topological polar surface area (TPSA) is 69.7 Å². The summed E-state index contributed by atoms with van der Waals surface area (Å²) in [7, 11) is 5.79. The second kappa shape index (κ2) is 10.1.